The minimum absolute atomic E-state index is 0.00747. The van der Waals surface area contributed by atoms with Crippen LogP contribution in [-0.4, -0.2) is 50.8 Å². The highest BCUT2D eigenvalue weighted by Gasteiger charge is 2.22. The Hall–Kier alpha value is -1.64. The average molecular weight is 328 g/mol. The molecular formula is C14H20N2O5S. The van der Waals surface area contributed by atoms with Crippen molar-refractivity contribution in [2.75, 3.05) is 31.1 Å². The van der Waals surface area contributed by atoms with E-state index in [4.69, 9.17) is 5.11 Å². The number of hydrogen-bond donors (Lipinski definition) is 3. The van der Waals surface area contributed by atoms with Crippen molar-refractivity contribution >= 4 is 21.7 Å². The monoisotopic (exact) mass is 328 g/mol. The first-order chi connectivity index (χ1) is 10.5. The summed E-state index contributed by atoms with van der Waals surface area (Å²) in [5.41, 5.74) is 0.547. The zero-order chi connectivity index (χ0) is 16.2. The molecule has 22 heavy (non-hydrogen) atoms. The standard InChI is InChI=1S/C14H20N2O5S/c17-9-3-6-15-22(20,21)11-4-5-13(12(10-11)14(18)19)16-7-1-2-8-16/h4-5,10,15,17H,1-3,6-9H2,(H,18,19). The summed E-state index contributed by atoms with van der Waals surface area (Å²) in [5, 5.41) is 18.0. The van der Waals surface area contributed by atoms with Gasteiger partial charge in [-0.25, -0.2) is 17.9 Å². The number of anilines is 1. The van der Waals surface area contributed by atoms with Crippen molar-refractivity contribution in [2.24, 2.45) is 0 Å². The van der Waals surface area contributed by atoms with Crippen LogP contribution in [0.3, 0.4) is 0 Å². The first-order valence-electron chi connectivity index (χ1n) is 7.18. The number of benzene rings is 1. The van der Waals surface area contributed by atoms with Gasteiger partial charge in [0.25, 0.3) is 0 Å². The number of sulfonamides is 1. The molecular weight excluding hydrogens is 308 g/mol. The minimum atomic E-state index is -3.77. The van der Waals surface area contributed by atoms with Crippen molar-refractivity contribution < 1.29 is 23.4 Å². The van der Waals surface area contributed by atoms with Crippen LogP contribution in [-0.2, 0) is 10.0 Å². The van der Waals surface area contributed by atoms with Crippen LogP contribution in [0, 0.1) is 0 Å². The van der Waals surface area contributed by atoms with E-state index in [1.54, 1.807) is 6.07 Å². The number of carboxylic acids is 1. The maximum Gasteiger partial charge on any atom is 0.337 e. The highest BCUT2D eigenvalue weighted by molar-refractivity contribution is 7.89. The Balaban J connectivity index is 2.30. The van der Waals surface area contributed by atoms with Crippen molar-refractivity contribution in [3.63, 3.8) is 0 Å². The molecule has 2 rings (SSSR count). The highest BCUT2D eigenvalue weighted by Crippen LogP contribution is 2.27. The summed E-state index contributed by atoms with van der Waals surface area (Å²) in [4.78, 5) is 13.3. The number of aliphatic hydroxyl groups excluding tert-OH is 1. The van der Waals surface area contributed by atoms with E-state index in [9.17, 15) is 18.3 Å². The lowest BCUT2D eigenvalue weighted by Crippen LogP contribution is -2.26. The topological polar surface area (TPSA) is 107 Å². The second kappa shape index (κ2) is 7.08. The van der Waals surface area contributed by atoms with Gasteiger partial charge in [0.1, 0.15) is 0 Å². The largest absolute Gasteiger partial charge is 0.478 e. The Morgan fingerprint density at radius 3 is 2.55 bits per heavy atom. The van der Waals surface area contributed by atoms with Gasteiger partial charge in [0.15, 0.2) is 0 Å². The summed E-state index contributed by atoms with van der Waals surface area (Å²) < 4.78 is 26.6. The van der Waals surface area contributed by atoms with Crippen molar-refractivity contribution in [2.45, 2.75) is 24.2 Å². The lowest BCUT2D eigenvalue weighted by molar-refractivity contribution is 0.0697. The number of nitrogens with zero attached hydrogens (tertiary/aromatic N) is 1. The van der Waals surface area contributed by atoms with Gasteiger partial charge in [0.2, 0.25) is 10.0 Å². The second-order valence-corrected chi connectivity index (χ2v) is 6.92. The SMILES string of the molecule is O=C(O)c1cc(S(=O)(=O)NCCCO)ccc1N1CCCC1. The molecule has 0 saturated carbocycles. The normalized spacial score (nSPS) is 15.2. The van der Waals surface area contributed by atoms with Gasteiger partial charge < -0.3 is 15.1 Å². The number of carbonyl (C=O) groups is 1. The zero-order valence-corrected chi connectivity index (χ0v) is 13.0. The number of aliphatic hydroxyl groups is 1. The van der Waals surface area contributed by atoms with E-state index in [2.05, 4.69) is 4.72 Å². The maximum absolute atomic E-state index is 12.1. The van der Waals surface area contributed by atoms with Crippen LogP contribution in [0.15, 0.2) is 23.1 Å². The highest BCUT2D eigenvalue weighted by atomic mass is 32.2. The molecule has 0 spiro atoms. The molecule has 0 aliphatic carbocycles. The van der Waals surface area contributed by atoms with Gasteiger partial charge >= 0.3 is 5.97 Å². The fourth-order valence-electron chi connectivity index (χ4n) is 2.46. The number of nitrogens with one attached hydrogen (secondary N) is 1. The van der Waals surface area contributed by atoms with Crippen molar-refractivity contribution in [1.82, 2.24) is 4.72 Å². The van der Waals surface area contributed by atoms with E-state index in [1.807, 2.05) is 4.90 Å². The Labute approximate surface area is 129 Å². The van der Waals surface area contributed by atoms with Gasteiger partial charge in [-0.1, -0.05) is 0 Å². The molecule has 1 fully saturated rings. The van der Waals surface area contributed by atoms with Gasteiger partial charge in [0.05, 0.1) is 16.1 Å². The van der Waals surface area contributed by atoms with Crippen LogP contribution in [0.5, 0.6) is 0 Å². The van der Waals surface area contributed by atoms with Crippen LogP contribution < -0.4 is 9.62 Å². The molecule has 1 heterocycles. The Morgan fingerprint density at radius 2 is 1.95 bits per heavy atom. The van der Waals surface area contributed by atoms with Crippen molar-refractivity contribution in [3.8, 4) is 0 Å². The molecule has 0 atom stereocenters. The summed E-state index contributed by atoms with van der Waals surface area (Å²) in [6.45, 7) is 1.55. The molecule has 1 aromatic carbocycles. The number of carboxylic acid groups (broad SMARTS) is 1. The summed E-state index contributed by atoms with van der Waals surface area (Å²) in [7, 11) is -3.77. The fourth-order valence-corrected chi connectivity index (χ4v) is 3.56. The summed E-state index contributed by atoms with van der Waals surface area (Å²) >= 11 is 0. The molecule has 1 aliphatic heterocycles. The Morgan fingerprint density at radius 1 is 1.27 bits per heavy atom. The molecule has 0 amide bonds. The predicted octanol–water partition coefficient (Wildman–Crippen LogP) is 0.646. The van der Waals surface area contributed by atoms with Crippen LogP contribution in [0.2, 0.25) is 0 Å². The molecule has 0 radical (unpaired) electrons. The third kappa shape index (κ3) is 3.76. The Bertz CT molecular complexity index is 639. The van der Waals surface area contributed by atoms with Crippen LogP contribution in [0.25, 0.3) is 0 Å². The first kappa shape index (κ1) is 16.7. The third-order valence-electron chi connectivity index (χ3n) is 3.58. The summed E-state index contributed by atoms with van der Waals surface area (Å²) in [6, 6.07) is 4.16. The maximum atomic E-state index is 12.1. The lowest BCUT2D eigenvalue weighted by Gasteiger charge is -2.20. The molecule has 0 unspecified atom stereocenters. The lowest BCUT2D eigenvalue weighted by atomic mass is 10.1. The Kier molecular flexibility index (Phi) is 5.38. The first-order valence-corrected chi connectivity index (χ1v) is 8.67. The van der Waals surface area contributed by atoms with Gasteiger partial charge in [-0.3, -0.25) is 0 Å². The summed E-state index contributed by atoms with van der Waals surface area (Å²) in [5.74, 6) is -1.14. The molecule has 122 valence electrons. The predicted molar refractivity (Wildman–Crippen MR) is 81.7 cm³/mol. The van der Waals surface area contributed by atoms with Gasteiger partial charge in [-0.2, -0.15) is 0 Å². The van der Waals surface area contributed by atoms with Crippen LogP contribution in [0.1, 0.15) is 29.6 Å². The molecule has 7 nitrogen and oxygen atoms in total. The minimum Gasteiger partial charge on any atom is -0.478 e. The smallest absolute Gasteiger partial charge is 0.337 e. The molecule has 0 aromatic heterocycles. The quantitative estimate of drug-likeness (QED) is 0.634. The van der Waals surface area contributed by atoms with Gasteiger partial charge in [-0.15, -0.1) is 0 Å². The van der Waals surface area contributed by atoms with Crippen LogP contribution >= 0.6 is 0 Å². The van der Waals surface area contributed by atoms with E-state index in [0.29, 0.717) is 12.1 Å². The van der Waals surface area contributed by atoms with E-state index in [-0.39, 0.29) is 23.6 Å². The van der Waals surface area contributed by atoms with Crippen LogP contribution in [0.4, 0.5) is 5.69 Å². The second-order valence-electron chi connectivity index (χ2n) is 5.15. The van der Waals surface area contributed by atoms with Crippen molar-refractivity contribution in [3.05, 3.63) is 23.8 Å². The molecule has 8 heteroatoms. The van der Waals surface area contributed by atoms with E-state index in [1.165, 1.54) is 12.1 Å². The summed E-state index contributed by atoms with van der Waals surface area (Å²) in [6.07, 6.45) is 2.31. The van der Waals surface area contributed by atoms with E-state index in [0.717, 1.165) is 25.9 Å². The molecule has 0 bridgehead atoms. The third-order valence-corrected chi connectivity index (χ3v) is 5.04. The molecule has 1 saturated heterocycles. The molecule has 1 aliphatic rings. The van der Waals surface area contributed by atoms with Gasteiger partial charge in [0, 0.05) is 26.2 Å². The van der Waals surface area contributed by atoms with Crippen molar-refractivity contribution in [1.29, 1.82) is 0 Å². The fraction of sp³-hybridized carbons (Fsp3) is 0.500. The molecule has 3 N–H and O–H groups in total. The average Bonchev–Trinajstić information content (AvgIpc) is 3.00. The van der Waals surface area contributed by atoms with E-state index >= 15 is 0 Å². The zero-order valence-electron chi connectivity index (χ0n) is 12.2. The van der Waals surface area contributed by atoms with Gasteiger partial charge in [-0.05, 0) is 37.5 Å². The number of aromatic carboxylic acids is 1. The number of rotatable bonds is 7. The number of hydrogen-bond acceptors (Lipinski definition) is 5. The molecule has 1 aromatic rings. The van der Waals surface area contributed by atoms with E-state index < -0.39 is 16.0 Å².